The maximum absolute atomic E-state index is 14.5. The summed E-state index contributed by atoms with van der Waals surface area (Å²) >= 11 is 0. The summed E-state index contributed by atoms with van der Waals surface area (Å²) < 4.78 is 34.6. The lowest BCUT2D eigenvalue weighted by Gasteiger charge is -2.28. The van der Waals surface area contributed by atoms with Crippen LogP contribution in [0.2, 0.25) is 0 Å². The number of ether oxygens (including phenoxy) is 1. The van der Waals surface area contributed by atoms with E-state index in [4.69, 9.17) is 9.73 Å². The van der Waals surface area contributed by atoms with Crippen LogP contribution < -0.4 is 0 Å². The number of carbonyl (C=O) groups is 1. The van der Waals surface area contributed by atoms with Crippen LogP contribution in [0, 0.1) is 5.92 Å². The molecule has 0 aliphatic heterocycles. The number of rotatable bonds is 5. The highest BCUT2D eigenvalue weighted by Crippen LogP contribution is 2.38. The van der Waals surface area contributed by atoms with Crippen molar-refractivity contribution in [1.82, 2.24) is 0 Å². The molecule has 0 aromatic heterocycles. The van der Waals surface area contributed by atoms with Crippen molar-refractivity contribution < 1.29 is 18.3 Å². The van der Waals surface area contributed by atoms with Crippen LogP contribution in [-0.4, -0.2) is 29.2 Å². The second-order valence-corrected chi connectivity index (χ2v) is 9.25. The van der Waals surface area contributed by atoms with Crippen LogP contribution in [0.1, 0.15) is 64.0 Å². The third kappa shape index (κ3) is 6.71. The minimum atomic E-state index is -2.80. The zero-order chi connectivity index (χ0) is 22.5. The standard InChI is InChI=1S/C26H31F2NO2/c1-25(2,3)31-24(30)23(21-16-10-11-17-26(27,28)18-21)29-22(19-12-6-4-7-13-19)20-14-8-5-9-15-20/h4-9,12-15,21,23H,10-11,16-18H2,1-3H3. The van der Waals surface area contributed by atoms with Crippen LogP contribution in [0.4, 0.5) is 8.78 Å². The summed E-state index contributed by atoms with van der Waals surface area (Å²) in [6.07, 6.45) is 1.15. The minimum absolute atomic E-state index is 0.140. The highest BCUT2D eigenvalue weighted by molar-refractivity contribution is 6.13. The molecule has 0 radical (unpaired) electrons. The molecule has 0 spiro atoms. The van der Waals surface area contributed by atoms with Gasteiger partial charge in [0.15, 0.2) is 6.04 Å². The number of benzene rings is 2. The van der Waals surface area contributed by atoms with Gasteiger partial charge in [0.05, 0.1) is 5.71 Å². The highest BCUT2D eigenvalue weighted by atomic mass is 19.3. The van der Waals surface area contributed by atoms with Crippen LogP contribution in [0.3, 0.4) is 0 Å². The molecule has 5 heteroatoms. The molecule has 3 rings (SSSR count). The number of nitrogens with zero attached hydrogens (tertiary/aromatic N) is 1. The molecule has 2 atom stereocenters. The van der Waals surface area contributed by atoms with E-state index in [-0.39, 0.29) is 12.8 Å². The van der Waals surface area contributed by atoms with Gasteiger partial charge >= 0.3 is 5.97 Å². The van der Waals surface area contributed by atoms with Crippen LogP contribution in [0.25, 0.3) is 0 Å². The van der Waals surface area contributed by atoms with E-state index in [2.05, 4.69) is 0 Å². The summed E-state index contributed by atoms with van der Waals surface area (Å²) in [6, 6.07) is 18.1. The van der Waals surface area contributed by atoms with Gasteiger partial charge in [0.2, 0.25) is 5.92 Å². The number of halogens is 2. The Labute approximate surface area is 183 Å². The largest absolute Gasteiger partial charge is 0.458 e. The van der Waals surface area contributed by atoms with E-state index >= 15 is 0 Å². The van der Waals surface area contributed by atoms with E-state index in [0.717, 1.165) is 11.1 Å². The van der Waals surface area contributed by atoms with E-state index in [9.17, 15) is 13.6 Å². The molecule has 0 saturated heterocycles. The number of aliphatic imine (C=N–C) groups is 1. The predicted molar refractivity (Wildman–Crippen MR) is 120 cm³/mol. The van der Waals surface area contributed by atoms with Gasteiger partial charge < -0.3 is 4.74 Å². The third-order valence-corrected chi connectivity index (χ3v) is 5.39. The summed E-state index contributed by atoms with van der Waals surface area (Å²) in [5, 5.41) is 0. The van der Waals surface area contributed by atoms with Crippen molar-refractivity contribution in [2.24, 2.45) is 10.9 Å². The molecule has 2 aromatic carbocycles. The SMILES string of the molecule is CC(C)(C)OC(=O)C(N=C(c1ccccc1)c1ccccc1)C1CCCCC(F)(F)C1. The number of hydrogen-bond acceptors (Lipinski definition) is 3. The Balaban J connectivity index is 2.09. The average Bonchev–Trinajstić information content (AvgIpc) is 2.89. The summed E-state index contributed by atoms with van der Waals surface area (Å²) in [4.78, 5) is 18.0. The Kier molecular flexibility index (Phi) is 7.24. The quantitative estimate of drug-likeness (QED) is 0.312. The van der Waals surface area contributed by atoms with Gasteiger partial charge in [-0.05, 0) is 39.5 Å². The van der Waals surface area contributed by atoms with Crippen molar-refractivity contribution >= 4 is 11.7 Å². The molecule has 1 aliphatic rings. The van der Waals surface area contributed by atoms with E-state index in [0.29, 0.717) is 25.0 Å². The van der Waals surface area contributed by atoms with Gasteiger partial charge in [-0.3, -0.25) is 4.99 Å². The maximum Gasteiger partial charge on any atom is 0.331 e. The van der Waals surface area contributed by atoms with Gasteiger partial charge in [0, 0.05) is 24.0 Å². The summed E-state index contributed by atoms with van der Waals surface area (Å²) in [6.45, 7) is 5.34. The third-order valence-electron chi connectivity index (χ3n) is 5.39. The molecule has 1 aliphatic carbocycles. The van der Waals surface area contributed by atoms with Crippen LogP contribution in [0.5, 0.6) is 0 Å². The smallest absolute Gasteiger partial charge is 0.331 e. The van der Waals surface area contributed by atoms with Crippen molar-refractivity contribution in [3.8, 4) is 0 Å². The summed E-state index contributed by atoms with van der Waals surface area (Å²) in [5.41, 5.74) is 1.56. The Hall–Kier alpha value is -2.56. The Morgan fingerprint density at radius 2 is 1.55 bits per heavy atom. The first-order valence-corrected chi connectivity index (χ1v) is 10.9. The van der Waals surface area contributed by atoms with Crippen LogP contribution >= 0.6 is 0 Å². The van der Waals surface area contributed by atoms with E-state index in [1.807, 2.05) is 60.7 Å². The molecule has 1 saturated carbocycles. The van der Waals surface area contributed by atoms with Gasteiger partial charge in [0.25, 0.3) is 0 Å². The lowest BCUT2D eigenvalue weighted by molar-refractivity contribution is -0.158. The van der Waals surface area contributed by atoms with Gasteiger partial charge in [-0.1, -0.05) is 67.1 Å². The monoisotopic (exact) mass is 427 g/mol. The highest BCUT2D eigenvalue weighted by Gasteiger charge is 2.41. The number of alkyl halides is 2. The molecule has 0 bridgehead atoms. The van der Waals surface area contributed by atoms with Crippen molar-refractivity contribution in [2.45, 2.75) is 70.4 Å². The number of hydrogen-bond donors (Lipinski definition) is 0. The molecule has 0 amide bonds. The molecular formula is C26H31F2NO2. The normalized spacial score (nSPS) is 19.7. The predicted octanol–water partition coefficient (Wildman–Crippen LogP) is 6.45. The Morgan fingerprint density at radius 3 is 2.06 bits per heavy atom. The molecule has 31 heavy (non-hydrogen) atoms. The van der Waals surface area contributed by atoms with Gasteiger partial charge in [0.1, 0.15) is 5.60 Å². The van der Waals surface area contributed by atoms with Crippen LogP contribution in [0.15, 0.2) is 65.7 Å². The topological polar surface area (TPSA) is 38.7 Å². The fourth-order valence-electron chi connectivity index (χ4n) is 4.01. The second kappa shape index (κ2) is 9.71. The van der Waals surface area contributed by atoms with Crippen molar-refractivity contribution in [1.29, 1.82) is 0 Å². The summed E-state index contributed by atoms with van der Waals surface area (Å²) in [7, 11) is 0. The van der Waals surface area contributed by atoms with E-state index < -0.39 is 29.5 Å². The Bertz CT molecular complexity index is 847. The molecule has 0 N–H and O–H groups in total. The lowest BCUT2D eigenvalue weighted by atomic mass is 9.90. The van der Waals surface area contributed by atoms with Gasteiger partial charge in [-0.2, -0.15) is 0 Å². The molecule has 0 heterocycles. The zero-order valence-corrected chi connectivity index (χ0v) is 18.5. The van der Waals surface area contributed by atoms with Crippen molar-refractivity contribution in [3.05, 3.63) is 71.8 Å². The maximum atomic E-state index is 14.5. The zero-order valence-electron chi connectivity index (χ0n) is 18.5. The molecular weight excluding hydrogens is 396 g/mol. The number of carbonyl (C=O) groups excluding carboxylic acids is 1. The molecule has 2 aromatic rings. The second-order valence-electron chi connectivity index (χ2n) is 9.25. The van der Waals surface area contributed by atoms with E-state index in [1.54, 1.807) is 20.8 Å². The first-order valence-electron chi connectivity index (χ1n) is 10.9. The van der Waals surface area contributed by atoms with Gasteiger partial charge in [-0.15, -0.1) is 0 Å². The number of esters is 1. The lowest BCUT2D eigenvalue weighted by Crippen LogP contribution is -2.38. The van der Waals surface area contributed by atoms with Gasteiger partial charge in [-0.25, -0.2) is 13.6 Å². The molecule has 1 fully saturated rings. The first-order chi connectivity index (χ1) is 14.6. The molecule has 3 nitrogen and oxygen atoms in total. The first kappa shape index (κ1) is 23.1. The van der Waals surface area contributed by atoms with Crippen LogP contribution in [-0.2, 0) is 9.53 Å². The average molecular weight is 428 g/mol. The Morgan fingerprint density at radius 1 is 1.00 bits per heavy atom. The van der Waals surface area contributed by atoms with Crippen molar-refractivity contribution in [2.75, 3.05) is 0 Å². The fraction of sp³-hybridized carbons (Fsp3) is 0.462. The molecule has 2 unspecified atom stereocenters. The van der Waals surface area contributed by atoms with E-state index in [1.165, 1.54) is 0 Å². The van der Waals surface area contributed by atoms with Crippen molar-refractivity contribution in [3.63, 3.8) is 0 Å². The fourth-order valence-corrected chi connectivity index (χ4v) is 4.01. The summed E-state index contributed by atoms with van der Waals surface area (Å²) in [5.74, 6) is -3.91. The minimum Gasteiger partial charge on any atom is -0.458 e. The molecule has 166 valence electrons.